The summed E-state index contributed by atoms with van der Waals surface area (Å²) in [6.45, 7) is 1.95. The molecule has 0 bridgehead atoms. The van der Waals surface area contributed by atoms with Crippen molar-refractivity contribution in [2.75, 3.05) is 16.4 Å². The normalized spacial score (nSPS) is 10.1. The van der Waals surface area contributed by atoms with Crippen molar-refractivity contribution in [3.8, 4) is 0 Å². The van der Waals surface area contributed by atoms with Gasteiger partial charge in [0.25, 0.3) is 0 Å². The molecule has 0 unspecified atom stereocenters. The Labute approximate surface area is 135 Å². The number of carbonyl (C=O) groups is 2. The molecule has 0 saturated carbocycles. The van der Waals surface area contributed by atoms with Gasteiger partial charge in [0, 0.05) is 23.5 Å². The quantitative estimate of drug-likeness (QED) is 0.716. The van der Waals surface area contributed by atoms with Crippen LogP contribution in [-0.2, 0) is 16.0 Å². The molecule has 0 spiro atoms. The third kappa shape index (κ3) is 5.47. The smallest absolute Gasteiger partial charge is 0.228 e. The molecule has 23 heavy (non-hydrogen) atoms. The number of nitrogen functional groups attached to an aromatic ring is 1. The number of nitrogens with two attached hydrogens (primary N) is 1. The van der Waals surface area contributed by atoms with Crippen LogP contribution in [0.3, 0.4) is 0 Å². The minimum Gasteiger partial charge on any atom is -0.399 e. The summed E-state index contributed by atoms with van der Waals surface area (Å²) in [4.78, 5) is 23.7. The van der Waals surface area contributed by atoms with Crippen LogP contribution < -0.4 is 16.4 Å². The second kappa shape index (κ2) is 7.98. The molecule has 120 valence electrons. The van der Waals surface area contributed by atoms with Crippen molar-refractivity contribution in [2.45, 2.75) is 26.2 Å². The Hall–Kier alpha value is -2.82. The molecule has 0 aliphatic heterocycles. The minimum absolute atomic E-state index is 0.0298. The lowest BCUT2D eigenvalue weighted by Crippen LogP contribution is -2.15. The van der Waals surface area contributed by atoms with Gasteiger partial charge in [-0.25, -0.2) is 0 Å². The van der Waals surface area contributed by atoms with Crippen molar-refractivity contribution in [1.29, 1.82) is 0 Å². The zero-order chi connectivity index (χ0) is 16.7. The second-order valence-corrected chi connectivity index (χ2v) is 5.35. The standard InChI is InChI=1S/C18H21N3O2/c1-2-4-17(22)20-15-5-3-6-16(12-15)21-18(23)11-13-7-9-14(19)10-8-13/h3,5-10,12H,2,4,11,19H2,1H3,(H,20,22)(H,21,23). The number of anilines is 3. The Balaban J connectivity index is 1.95. The first-order valence-electron chi connectivity index (χ1n) is 7.61. The molecule has 5 nitrogen and oxygen atoms in total. The number of hydrogen-bond acceptors (Lipinski definition) is 3. The van der Waals surface area contributed by atoms with E-state index >= 15 is 0 Å². The van der Waals surface area contributed by atoms with Gasteiger partial charge in [0.1, 0.15) is 0 Å². The summed E-state index contributed by atoms with van der Waals surface area (Å²) in [6.07, 6.45) is 1.55. The van der Waals surface area contributed by atoms with Crippen LogP contribution in [-0.4, -0.2) is 11.8 Å². The SMILES string of the molecule is CCCC(=O)Nc1cccc(NC(=O)Cc2ccc(N)cc2)c1. The molecule has 0 fully saturated rings. The van der Waals surface area contributed by atoms with Crippen LogP contribution in [0.15, 0.2) is 48.5 Å². The van der Waals surface area contributed by atoms with Crippen molar-refractivity contribution >= 4 is 28.9 Å². The number of benzene rings is 2. The van der Waals surface area contributed by atoms with Crippen molar-refractivity contribution < 1.29 is 9.59 Å². The van der Waals surface area contributed by atoms with E-state index in [1.165, 1.54) is 0 Å². The average molecular weight is 311 g/mol. The van der Waals surface area contributed by atoms with E-state index < -0.39 is 0 Å². The van der Waals surface area contributed by atoms with Crippen LogP contribution in [0.1, 0.15) is 25.3 Å². The Morgan fingerprint density at radius 3 is 2.17 bits per heavy atom. The third-order valence-electron chi connectivity index (χ3n) is 3.25. The number of nitrogens with one attached hydrogen (secondary N) is 2. The predicted octanol–water partition coefficient (Wildman–Crippen LogP) is 3.19. The Bertz CT molecular complexity index is 681. The van der Waals surface area contributed by atoms with E-state index in [1.54, 1.807) is 36.4 Å². The molecule has 0 aliphatic carbocycles. The fourth-order valence-electron chi connectivity index (χ4n) is 2.15. The highest BCUT2D eigenvalue weighted by atomic mass is 16.2. The minimum atomic E-state index is -0.119. The van der Waals surface area contributed by atoms with Crippen LogP contribution in [0.5, 0.6) is 0 Å². The summed E-state index contributed by atoms with van der Waals surface area (Å²) in [7, 11) is 0. The van der Waals surface area contributed by atoms with Gasteiger partial charge in [-0.05, 0) is 42.3 Å². The summed E-state index contributed by atoms with van der Waals surface area (Å²) in [5, 5.41) is 5.64. The molecule has 5 heteroatoms. The predicted molar refractivity (Wildman–Crippen MR) is 93.2 cm³/mol. The highest BCUT2D eigenvalue weighted by Gasteiger charge is 2.06. The van der Waals surface area contributed by atoms with Gasteiger partial charge in [0.15, 0.2) is 0 Å². The second-order valence-electron chi connectivity index (χ2n) is 5.35. The topological polar surface area (TPSA) is 84.2 Å². The molecule has 0 saturated heterocycles. The maximum absolute atomic E-state index is 12.1. The first-order valence-corrected chi connectivity index (χ1v) is 7.61. The monoisotopic (exact) mass is 311 g/mol. The van der Waals surface area contributed by atoms with E-state index in [4.69, 9.17) is 5.73 Å². The molecule has 2 aromatic carbocycles. The molecular weight excluding hydrogens is 290 g/mol. The van der Waals surface area contributed by atoms with Crippen molar-refractivity contribution in [3.05, 3.63) is 54.1 Å². The number of hydrogen-bond donors (Lipinski definition) is 3. The van der Waals surface area contributed by atoms with Crippen molar-refractivity contribution in [3.63, 3.8) is 0 Å². The molecule has 2 aromatic rings. The van der Waals surface area contributed by atoms with Gasteiger partial charge < -0.3 is 16.4 Å². The summed E-state index contributed by atoms with van der Waals surface area (Å²) in [5.74, 6) is -0.148. The van der Waals surface area contributed by atoms with Crippen LogP contribution in [0.2, 0.25) is 0 Å². The fraction of sp³-hybridized carbons (Fsp3) is 0.222. The average Bonchev–Trinajstić information content (AvgIpc) is 2.50. The zero-order valence-electron chi connectivity index (χ0n) is 13.1. The number of carbonyl (C=O) groups excluding carboxylic acids is 2. The Morgan fingerprint density at radius 1 is 0.957 bits per heavy atom. The lowest BCUT2D eigenvalue weighted by molar-refractivity contribution is -0.116. The first kappa shape index (κ1) is 16.5. The van der Waals surface area contributed by atoms with Crippen molar-refractivity contribution in [2.24, 2.45) is 0 Å². The van der Waals surface area contributed by atoms with E-state index in [0.29, 0.717) is 23.5 Å². The van der Waals surface area contributed by atoms with Crippen LogP contribution in [0, 0.1) is 0 Å². The first-order chi connectivity index (χ1) is 11.1. The molecule has 0 atom stereocenters. The Kier molecular flexibility index (Phi) is 5.74. The van der Waals surface area contributed by atoms with Gasteiger partial charge >= 0.3 is 0 Å². The Morgan fingerprint density at radius 2 is 1.57 bits per heavy atom. The molecular formula is C18H21N3O2. The largest absolute Gasteiger partial charge is 0.399 e. The molecule has 0 aromatic heterocycles. The highest BCUT2D eigenvalue weighted by molar-refractivity contribution is 5.94. The lowest BCUT2D eigenvalue weighted by atomic mass is 10.1. The lowest BCUT2D eigenvalue weighted by Gasteiger charge is -2.09. The van der Waals surface area contributed by atoms with Crippen LogP contribution >= 0.6 is 0 Å². The summed E-state index contributed by atoms with van der Waals surface area (Å²) >= 11 is 0. The van der Waals surface area contributed by atoms with Gasteiger partial charge in [0.05, 0.1) is 6.42 Å². The highest BCUT2D eigenvalue weighted by Crippen LogP contribution is 2.16. The van der Waals surface area contributed by atoms with E-state index in [-0.39, 0.29) is 18.2 Å². The van der Waals surface area contributed by atoms with E-state index in [0.717, 1.165) is 12.0 Å². The van der Waals surface area contributed by atoms with Gasteiger partial charge in [-0.3, -0.25) is 9.59 Å². The summed E-state index contributed by atoms with van der Waals surface area (Å²) < 4.78 is 0. The van der Waals surface area contributed by atoms with Gasteiger partial charge in [-0.15, -0.1) is 0 Å². The number of rotatable bonds is 6. The molecule has 0 aliphatic rings. The maximum atomic E-state index is 12.1. The molecule has 4 N–H and O–H groups in total. The van der Waals surface area contributed by atoms with E-state index in [9.17, 15) is 9.59 Å². The van der Waals surface area contributed by atoms with Crippen molar-refractivity contribution in [1.82, 2.24) is 0 Å². The van der Waals surface area contributed by atoms with E-state index in [1.807, 2.05) is 19.1 Å². The van der Waals surface area contributed by atoms with Gasteiger partial charge in [-0.2, -0.15) is 0 Å². The van der Waals surface area contributed by atoms with Gasteiger partial charge in [-0.1, -0.05) is 25.1 Å². The maximum Gasteiger partial charge on any atom is 0.228 e. The van der Waals surface area contributed by atoms with Gasteiger partial charge in [0.2, 0.25) is 11.8 Å². The zero-order valence-corrected chi connectivity index (χ0v) is 13.1. The van der Waals surface area contributed by atoms with E-state index in [2.05, 4.69) is 10.6 Å². The molecule has 0 heterocycles. The van der Waals surface area contributed by atoms with Crippen LogP contribution in [0.4, 0.5) is 17.1 Å². The fourth-order valence-corrected chi connectivity index (χ4v) is 2.15. The molecule has 2 amide bonds. The molecule has 2 rings (SSSR count). The molecule has 0 radical (unpaired) electrons. The number of amides is 2. The van der Waals surface area contributed by atoms with Crippen LogP contribution in [0.25, 0.3) is 0 Å². The summed E-state index contributed by atoms with van der Waals surface area (Å²) in [6, 6.07) is 14.3. The summed E-state index contributed by atoms with van der Waals surface area (Å²) in [5.41, 5.74) is 8.51. The third-order valence-corrected chi connectivity index (χ3v) is 3.25.